The first-order valence-electron chi connectivity index (χ1n) is 25.4. The molecule has 1 N–H and O–H groups in total. The Kier molecular flexibility index (Phi) is 12.5. The molecule has 12 aromatic carbocycles. The normalized spacial score (nSPS) is 11.6. The van der Waals surface area contributed by atoms with E-state index in [-0.39, 0.29) is 12.6 Å². The summed E-state index contributed by atoms with van der Waals surface area (Å²) in [4.78, 5) is 21.2. The SMILES string of the molecule is C=CC(=O)Cl.C=CC(=O)OCCCn1c2c3ccccc3c3ccccc3c2c2c3ccccc3c3ccccc3c21.OCCCn1c2c3ccccc3c3ccccc3c2c2c3ccccc3c3ccccc3c21. The Morgan fingerprint density at radius 2 is 0.613 bits per heavy atom. The summed E-state index contributed by atoms with van der Waals surface area (Å²) in [5.41, 5.74) is 5.02. The number of esters is 1. The van der Waals surface area contributed by atoms with Crippen molar-refractivity contribution in [3.8, 4) is 0 Å². The lowest BCUT2D eigenvalue weighted by Gasteiger charge is -2.13. The van der Waals surface area contributed by atoms with Crippen molar-refractivity contribution in [1.29, 1.82) is 0 Å². The lowest BCUT2D eigenvalue weighted by atomic mass is 9.93. The fourth-order valence-corrected chi connectivity index (χ4v) is 12.0. The number of ether oxygens (including phenoxy) is 1. The maximum absolute atomic E-state index is 11.7. The van der Waals surface area contributed by atoms with Gasteiger partial charge in [0.1, 0.15) is 0 Å². The Bertz CT molecular complexity index is 4380. The second kappa shape index (κ2) is 19.9. The fraction of sp³-hybridized carbons (Fsp3) is 0.0882. The van der Waals surface area contributed by atoms with Crippen LogP contribution in [0.1, 0.15) is 12.8 Å². The third-order valence-corrected chi connectivity index (χ3v) is 15.0. The largest absolute Gasteiger partial charge is 0.462 e. The summed E-state index contributed by atoms with van der Waals surface area (Å²) in [5, 5.41) is 34.8. The Morgan fingerprint density at radius 3 is 0.853 bits per heavy atom. The molecule has 0 aliphatic heterocycles. The number of hydrogen-bond donors (Lipinski definition) is 1. The van der Waals surface area contributed by atoms with Gasteiger partial charge in [-0.1, -0.05) is 207 Å². The van der Waals surface area contributed by atoms with Gasteiger partial charge in [0.25, 0.3) is 0 Å². The number of benzene rings is 12. The van der Waals surface area contributed by atoms with Gasteiger partial charge in [0, 0.05) is 68.9 Å². The smallest absolute Gasteiger partial charge is 0.330 e. The van der Waals surface area contributed by atoms with Crippen molar-refractivity contribution in [2.75, 3.05) is 13.2 Å². The Morgan fingerprint density at radius 1 is 0.387 bits per heavy atom. The van der Waals surface area contributed by atoms with Gasteiger partial charge in [0.05, 0.1) is 28.7 Å². The molecule has 0 fully saturated rings. The first-order chi connectivity index (χ1) is 36.9. The third-order valence-electron chi connectivity index (χ3n) is 14.8. The van der Waals surface area contributed by atoms with Crippen LogP contribution in [0.25, 0.3) is 130 Å². The first-order valence-corrected chi connectivity index (χ1v) is 25.8. The molecule has 6 nitrogen and oxygen atoms in total. The van der Waals surface area contributed by atoms with E-state index in [1.807, 2.05) is 0 Å². The number of nitrogens with zero attached hydrogens (tertiary/aromatic N) is 2. The van der Waals surface area contributed by atoms with Gasteiger partial charge in [0.15, 0.2) is 0 Å². The van der Waals surface area contributed by atoms with Gasteiger partial charge in [-0.2, -0.15) is 0 Å². The van der Waals surface area contributed by atoms with Crippen molar-refractivity contribution in [1.82, 2.24) is 9.13 Å². The van der Waals surface area contributed by atoms with Crippen LogP contribution in [0.3, 0.4) is 0 Å². The number of halogens is 1. The summed E-state index contributed by atoms with van der Waals surface area (Å²) < 4.78 is 10.3. The van der Waals surface area contributed by atoms with Crippen LogP contribution in [0.4, 0.5) is 0 Å². The molecule has 75 heavy (non-hydrogen) atoms. The summed E-state index contributed by atoms with van der Waals surface area (Å²) in [6.07, 6.45) is 3.70. The van der Waals surface area contributed by atoms with E-state index in [2.05, 4.69) is 216 Å². The van der Waals surface area contributed by atoms with Gasteiger partial charge in [-0.3, -0.25) is 4.79 Å². The van der Waals surface area contributed by atoms with E-state index in [1.165, 1.54) is 136 Å². The zero-order valence-electron chi connectivity index (χ0n) is 41.2. The van der Waals surface area contributed by atoms with Crippen LogP contribution in [0.5, 0.6) is 0 Å². The highest BCUT2D eigenvalue weighted by molar-refractivity contribution is 6.66. The highest BCUT2D eigenvalue weighted by Crippen LogP contribution is 2.48. The highest BCUT2D eigenvalue weighted by Gasteiger charge is 2.24. The van der Waals surface area contributed by atoms with Crippen LogP contribution < -0.4 is 0 Å². The van der Waals surface area contributed by atoms with Gasteiger partial charge in [-0.25, -0.2) is 4.79 Å². The number of aryl methyl sites for hydroxylation is 2. The van der Waals surface area contributed by atoms with Gasteiger partial charge in [-0.15, -0.1) is 0 Å². The summed E-state index contributed by atoms with van der Waals surface area (Å²) in [5.74, 6) is -0.380. The molecule has 0 radical (unpaired) electrons. The van der Waals surface area contributed by atoms with Crippen LogP contribution in [0.2, 0.25) is 0 Å². The third kappa shape index (κ3) is 7.84. The van der Waals surface area contributed by atoms with Gasteiger partial charge in [-0.05, 0) is 95.2 Å². The standard InChI is InChI=1S/C34H25NO2.C31H23NO.C3H3ClO/c1-2-30(36)37-21-11-20-35-33-28-18-9-5-14-24(28)22-12-3-7-16-26(22)31(33)32-27-17-8-4-13-23(27)25-15-6-10-19-29(25)34(32)35;33-19-9-18-32-30-26-16-7-3-12-22(26)20-10-1-5-14-24(20)28(30)29-25-15-6-2-11-21(25)23-13-4-8-17-27(23)31(29)32;1-2-3(4)5/h2-10,12-19H,1,11,20-21H2;1-8,10-17,33H,9,18-19H2;2H,1H2. The van der Waals surface area contributed by atoms with Gasteiger partial charge < -0.3 is 19.0 Å². The quantitative estimate of drug-likeness (QED) is 0.0514. The average Bonchev–Trinajstić information content (AvgIpc) is 4.24. The summed E-state index contributed by atoms with van der Waals surface area (Å²) in [6.45, 7) is 8.64. The van der Waals surface area contributed by atoms with E-state index in [9.17, 15) is 14.7 Å². The van der Waals surface area contributed by atoms with E-state index in [4.69, 9.17) is 16.3 Å². The number of fused-ring (bicyclic) bond motifs is 26. The minimum Gasteiger partial charge on any atom is -0.462 e. The second-order valence-electron chi connectivity index (χ2n) is 18.9. The Labute approximate surface area is 437 Å². The van der Waals surface area contributed by atoms with E-state index in [1.54, 1.807) is 0 Å². The predicted octanol–water partition coefficient (Wildman–Crippen LogP) is 17.3. The number of aliphatic hydroxyl groups is 1. The number of hydrogen-bond acceptors (Lipinski definition) is 4. The minimum atomic E-state index is -0.509. The lowest BCUT2D eigenvalue weighted by molar-refractivity contribution is -0.137. The van der Waals surface area contributed by atoms with Crippen molar-refractivity contribution in [3.05, 3.63) is 219 Å². The van der Waals surface area contributed by atoms with Crippen LogP contribution in [0, 0.1) is 0 Å². The van der Waals surface area contributed by atoms with Crippen LogP contribution >= 0.6 is 11.6 Å². The first kappa shape index (κ1) is 47.2. The summed E-state index contributed by atoms with van der Waals surface area (Å²) in [7, 11) is 0. The lowest BCUT2D eigenvalue weighted by Crippen LogP contribution is -2.06. The number of carbonyl (C=O) groups excluding carboxylic acids is 2. The molecule has 0 saturated heterocycles. The van der Waals surface area contributed by atoms with Crippen molar-refractivity contribution in [2.24, 2.45) is 0 Å². The van der Waals surface area contributed by atoms with E-state index >= 15 is 0 Å². The zero-order valence-corrected chi connectivity index (χ0v) is 42.0. The van der Waals surface area contributed by atoms with Gasteiger partial charge in [0.2, 0.25) is 5.24 Å². The van der Waals surface area contributed by atoms with Crippen molar-refractivity contribution < 1.29 is 19.4 Å². The predicted molar refractivity (Wildman–Crippen MR) is 317 cm³/mol. The maximum atomic E-state index is 11.7. The van der Waals surface area contributed by atoms with E-state index < -0.39 is 5.24 Å². The molecule has 0 aliphatic carbocycles. The summed E-state index contributed by atoms with van der Waals surface area (Å²) >= 11 is 4.71. The topological polar surface area (TPSA) is 73.5 Å². The second-order valence-corrected chi connectivity index (χ2v) is 19.2. The van der Waals surface area contributed by atoms with Crippen molar-refractivity contribution >= 4 is 153 Å². The maximum Gasteiger partial charge on any atom is 0.330 e. The molecular formula is C68H51ClN2O4. The van der Waals surface area contributed by atoms with Crippen LogP contribution in [-0.2, 0) is 27.4 Å². The molecule has 7 heteroatoms. The molecule has 0 spiro atoms. The number of carbonyl (C=O) groups is 2. The van der Waals surface area contributed by atoms with Crippen LogP contribution in [-0.4, -0.2) is 38.7 Å². The number of aliphatic hydroxyl groups excluding tert-OH is 1. The van der Waals surface area contributed by atoms with Crippen molar-refractivity contribution in [3.63, 3.8) is 0 Å². The van der Waals surface area contributed by atoms with Crippen molar-refractivity contribution in [2.45, 2.75) is 25.9 Å². The monoisotopic (exact) mass is 994 g/mol. The molecule has 0 bridgehead atoms. The zero-order chi connectivity index (χ0) is 51.2. The molecule has 0 aliphatic rings. The molecule has 2 aromatic heterocycles. The molecule has 364 valence electrons. The minimum absolute atomic E-state index is 0.179. The Hall–Kier alpha value is -8.81. The molecule has 14 rings (SSSR count). The number of allylic oxidation sites excluding steroid dienone is 1. The summed E-state index contributed by atoms with van der Waals surface area (Å²) in [6, 6.07) is 70.0. The molecular weight excluding hydrogens is 944 g/mol. The molecule has 0 atom stereocenters. The van der Waals surface area contributed by atoms with Gasteiger partial charge >= 0.3 is 5.97 Å². The van der Waals surface area contributed by atoms with E-state index in [0.717, 1.165) is 25.6 Å². The van der Waals surface area contributed by atoms with Crippen LogP contribution in [0.15, 0.2) is 219 Å². The number of rotatable bonds is 9. The van der Waals surface area contributed by atoms with E-state index in [0.29, 0.717) is 13.0 Å². The molecule has 0 amide bonds. The number of aromatic nitrogens is 2. The molecule has 2 heterocycles. The Balaban J connectivity index is 0.000000140. The average molecular weight is 996 g/mol. The fourth-order valence-electron chi connectivity index (χ4n) is 12.0. The highest BCUT2D eigenvalue weighted by atomic mass is 35.5. The molecule has 0 unspecified atom stereocenters. The molecule has 0 saturated carbocycles. The molecule has 14 aromatic rings.